The summed E-state index contributed by atoms with van der Waals surface area (Å²) in [5, 5.41) is 6.44. The van der Waals surface area contributed by atoms with E-state index in [-0.39, 0.29) is 11.9 Å². The Bertz CT molecular complexity index is 295. The van der Waals surface area contributed by atoms with E-state index < -0.39 is 0 Å². The Labute approximate surface area is 113 Å². The fraction of sp³-hybridized carbons (Fsp3) is 0.923. The van der Waals surface area contributed by atoms with Crippen LogP contribution in [0.1, 0.15) is 25.7 Å². The number of hydrogen-bond acceptors (Lipinski definition) is 4. The Balaban J connectivity index is 1.37. The van der Waals surface area contributed by atoms with Gasteiger partial charge in [-0.15, -0.1) is 11.8 Å². The van der Waals surface area contributed by atoms with Gasteiger partial charge in [0.15, 0.2) is 0 Å². The van der Waals surface area contributed by atoms with Crippen LogP contribution in [0, 0.1) is 5.92 Å². The van der Waals surface area contributed by atoms with E-state index in [1.807, 2.05) is 0 Å². The quantitative estimate of drug-likeness (QED) is 0.786. The number of likely N-dealkylation sites (tertiary alicyclic amines) is 1. The van der Waals surface area contributed by atoms with Crippen LogP contribution in [-0.2, 0) is 4.79 Å². The third-order valence-electron chi connectivity index (χ3n) is 4.18. The summed E-state index contributed by atoms with van der Waals surface area (Å²) in [6, 6.07) is 0.444. The van der Waals surface area contributed by atoms with Gasteiger partial charge in [-0.25, -0.2) is 0 Å². The van der Waals surface area contributed by atoms with Crippen molar-refractivity contribution in [2.45, 2.75) is 37.8 Å². The highest BCUT2D eigenvalue weighted by atomic mass is 32.2. The van der Waals surface area contributed by atoms with Gasteiger partial charge in [0.05, 0.1) is 6.04 Å². The molecule has 0 aromatic rings. The molecule has 1 saturated carbocycles. The minimum absolute atomic E-state index is 0.0412. The Morgan fingerprint density at radius 1 is 1.28 bits per heavy atom. The SMILES string of the molecule is O=C(NC1CCN(CC2CC2)CC1)C1CSCN1. The van der Waals surface area contributed by atoms with Crippen molar-refractivity contribution in [1.82, 2.24) is 15.5 Å². The number of nitrogens with one attached hydrogen (secondary N) is 2. The first-order valence-corrected chi connectivity index (χ1v) is 8.30. The molecule has 0 radical (unpaired) electrons. The van der Waals surface area contributed by atoms with Crippen LogP contribution in [0.25, 0.3) is 0 Å². The largest absolute Gasteiger partial charge is 0.352 e. The number of rotatable bonds is 4. The van der Waals surface area contributed by atoms with E-state index in [0.29, 0.717) is 6.04 Å². The van der Waals surface area contributed by atoms with E-state index in [0.717, 1.165) is 43.5 Å². The summed E-state index contributed by atoms with van der Waals surface area (Å²) in [6.07, 6.45) is 5.11. The summed E-state index contributed by atoms with van der Waals surface area (Å²) in [5.74, 6) is 3.03. The third kappa shape index (κ3) is 3.39. The number of thioether (sulfide) groups is 1. The molecule has 1 unspecified atom stereocenters. The lowest BCUT2D eigenvalue weighted by atomic mass is 10.0. The van der Waals surface area contributed by atoms with Crippen LogP contribution in [0.4, 0.5) is 0 Å². The normalized spacial score (nSPS) is 30.6. The van der Waals surface area contributed by atoms with Gasteiger partial charge in [0.25, 0.3) is 0 Å². The number of hydrogen-bond donors (Lipinski definition) is 2. The zero-order valence-electron chi connectivity index (χ0n) is 10.9. The molecular formula is C13H23N3OS. The standard InChI is InChI=1S/C13H23N3OS/c17-13(12-8-18-9-14-12)15-11-3-5-16(6-4-11)7-10-1-2-10/h10-12,14H,1-9H2,(H,15,17). The van der Waals surface area contributed by atoms with E-state index in [1.165, 1.54) is 19.4 Å². The Morgan fingerprint density at radius 2 is 2.06 bits per heavy atom. The van der Waals surface area contributed by atoms with E-state index in [1.54, 1.807) is 11.8 Å². The zero-order chi connectivity index (χ0) is 12.4. The van der Waals surface area contributed by atoms with E-state index in [2.05, 4.69) is 15.5 Å². The lowest BCUT2D eigenvalue weighted by molar-refractivity contribution is -0.123. The van der Waals surface area contributed by atoms with Gasteiger partial charge in [0, 0.05) is 37.3 Å². The molecular weight excluding hydrogens is 246 g/mol. The van der Waals surface area contributed by atoms with Crippen LogP contribution < -0.4 is 10.6 Å². The first-order valence-electron chi connectivity index (χ1n) is 7.15. The van der Waals surface area contributed by atoms with E-state index >= 15 is 0 Å². The van der Waals surface area contributed by atoms with Gasteiger partial charge in [0.2, 0.25) is 5.91 Å². The molecule has 2 N–H and O–H groups in total. The molecule has 3 rings (SSSR count). The maximum atomic E-state index is 12.0. The summed E-state index contributed by atoms with van der Waals surface area (Å²) in [6.45, 7) is 3.62. The molecule has 0 bridgehead atoms. The van der Waals surface area contributed by atoms with Gasteiger partial charge in [0.1, 0.15) is 0 Å². The van der Waals surface area contributed by atoms with Crippen LogP contribution in [-0.4, -0.2) is 54.2 Å². The second-order valence-corrected chi connectivity index (χ2v) is 6.83. The number of nitrogens with zero attached hydrogens (tertiary/aromatic N) is 1. The lowest BCUT2D eigenvalue weighted by Gasteiger charge is -2.32. The molecule has 102 valence electrons. The van der Waals surface area contributed by atoms with E-state index in [4.69, 9.17) is 0 Å². The maximum absolute atomic E-state index is 12.0. The molecule has 2 heterocycles. The minimum Gasteiger partial charge on any atom is -0.352 e. The molecule has 4 nitrogen and oxygen atoms in total. The van der Waals surface area contributed by atoms with Gasteiger partial charge in [-0.2, -0.15) is 0 Å². The number of piperidine rings is 1. The average molecular weight is 269 g/mol. The van der Waals surface area contributed by atoms with Gasteiger partial charge in [-0.1, -0.05) is 0 Å². The summed E-state index contributed by atoms with van der Waals surface area (Å²) in [7, 11) is 0. The molecule has 0 spiro atoms. The fourth-order valence-corrected chi connectivity index (χ4v) is 3.73. The minimum atomic E-state index is 0.0412. The topological polar surface area (TPSA) is 44.4 Å². The number of carbonyl (C=O) groups is 1. The van der Waals surface area contributed by atoms with Crippen LogP contribution in [0.2, 0.25) is 0 Å². The van der Waals surface area contributed by atoms with Crippen molar-refractivity contribution in [1.29, 1.82) is 0 Å². The second-order valence-electron chi connectivity index (χ2n) is 5.80. The lowest BCUT2D eigenvalue weighted by Crippen LogP contribution is -2.50. The summed E-state index contributed by atoms with van der Waals surface area (Å²) < 4.78 is 0. The Morgan fingerprint density at radius 3 is 2.67 bits per heavy atom. The molecule has 0 aromatic carbocycles. The molecule has 0 aromatic heterocycles. The predicted molar refractivity (Wildman–Crippen MR) is 74.6 cm³/mol. The number of amides is 1. The van der Waals surface area contributed by atoms with Crippen LogP contribution >= 0.6 is 11.8 Å². The van der Waals surface area contributed by atoms with Gasteiger partial charge in [-0.05, 0) is 31.6 Å². The molecule has 18 heavy (non-hydrogen) atoms. The van der Waals surface area contributed by atoms with Crippen molar-refractivity contribution in [3.63, 3.8) is 0 Å². The molecule has 1 atom stereocenters. The highest BCUT2D eigenvalue weighted by molar-refractivity contribution is 7.99. The number of carbonyl (C=O) groups excluding carboxylic acids is 1. The van der Waals surface area contributed by atoms with Crippen molar-refractivity contribution in [2.24, 2.45) is 5.92 Å². The fourth-order valence-electron chi connectivity index (χ4n) is 2.79. The van der Waals surface area contributed by atoms with Crippen molar-refractivity contribution in [2.75, 3.05) is 31.3 Å². The van der Waals surface area contributed by atoms with Gasteiger partial charge >= 0.3 is 0 Å². The summed E-state index contributed by atoms with van der Waals surface area (Å²) in [5.41, 5.74) is 0. The van der Waals surface area contributed by atoms with Gasteiger partial charge < -0.3 is 10.2 Å². The summed E-state index contributed by atoms with van der Waals surface area (Å²) >= 11 is 1.81. The maximum Gasteiger partial charge on any atom is 0.238 e. The highest BCUT2D eigenvalue weighted by Gasteiger charge is 2.29. The van der Waals surface area contributed by atoms with Crippen LogP contribution in [0.15, 0.2) is 0 Å². The first-order chi connectivity index (χ1) is 8.81. The van der Waals surface area contributed by atoms with Crippen LogP contribution in [0.5, 0.6) is 0 Å². The van der Waals surface area contributed by atoms with Crippen molar-refractivity contribution in [3.05, 3.63) is 0 Å². The monoisotopic (exact) mass is 269 g/mol. The Kier molecular flexibility index (Phi) is 4.11. The van der Waals surface area contributed by atoms with Crippen LogP contribution in [0.3, 0.4) is 0 Å². The predicted octanol–water partition coefficient (Wildman–Crippen LogP) is 0.639. The zero-order valence-corrected chi connectivity index (χ0v) is 11.7. The third-order valence-corrected chi connectivity index (χ3v) is 5.12. The van der Waals surface area contributed by atoms with Crippen molar-refractivity contribution < 1.29 is 4.79 Å². The molecule has 5 heteroatoms. The molecule has 3 fully saturated rings. The van der Waals surface area contributed by atoms with Crippen molar-refractivity contribution >= 4 is 17.7 Å². The van der Waals surface area contributed by atoms with E-state index in [9.17, 15) is 4.79 Å². The van der Waals surface area contributed by atoms with Gasteiger partial charge in [-0.3, -0.25) is 10.1 Å². The smallest absolute Gasteiger partial charge is 0.238 e. The highest BCUT2D eigenvalue weighted by Crippen LogP contribution is 2.30. The molecule has 2 saturated heterocycles. The summed E-state index contributed by atoms with van der Waals surface area (Å²) in [4.78, 5) is 14.6. The molecule has 1 amide bonds. The Hall–Kier alpha value is -0.260. The molecule has 2 aliphatic heterocycles. The first kappa shape index (κ1) is 12.8. The molecule has 1 aliphatic carbocycles. The second kappa shape index (κ2) is 5.80. The molecule has 3 aliphatic rings. The van der Waals surface area contributed by atoms with Crippen molar-refractivity contribution in [3.8, 4) is 0 Å². The average Bonchev–Trinajstić information content (AvgIpc) is 3.02.